The van der Waals surface area contributed by atoms with Crippen molar-refractivity contribution in [2.24, 2.45) is 4.40 Å². The second-order valence-corrected chi connectivity index (χ2v) is 8.56. The molecule has 3 aromatic rings. The van der Waals surface area contributed by atoms with Gasteiger partial charge in [0.15, 0.2) is 0 Å². The van der Waals surface area contributed by atoms with Gasteiger partial charge in [0.05, 0.1) is 11.3 Å². The van der Waals surface area contributed by atoms with Gasteiger partial charge in [0.25, 0.3) is 10.0 Å². The summed E-state index contributed by atoms with van der Waals surface area (Å²) in [7, 11) is -3.82. The van der Waals surface area contributed by atoms with Gasteiger partial charge in [-0.05, 0) is 36.4 Å². The smallest absolute Gasteiger partial charge is 0.345 e. The lowest BCUT2D eigenvalue weighted by molar-refractivity contribution is -0.137. The summed E-state index contributed by atoms with van der Waals surface area (Å²) in [5.41, 5.74) is 0.553. The van der Waals surface area contributed by atoms with Gasteiger partial charge < -0.3 is 5.32 Å². The van der Waals surface area contributed by atoms with E-state index in [-0.39, 0.29) is 4.90 Å². The molecule has 4 rings (SSSR count). The van der Waals surface area contributed by atoms with Gasteiger partial charge in [0.2, 0.25) is 0 Å². The molecular formula is C18H11F3N4O2S2. The maximum atomic E-state index is 12.7. The molecule has 0 spiro atoms. The molecule has 0 aliphatic carbocycles. The number of benzene rings is 2. The zero-order valence-corrected chi connectivity index (χ0v) is 16.0. The fraction of sp³-hybridized carbons (Fsp3) is 0.0556. The SMILES string of the molecule is O=S1(=O)N=CNc2ccc(-c3nccnc3Sc3ccc(C(F)(F)F)cc3)cc21. The Hall–Kier alpha value is -2.92. The lowest BCUT2D eigenvalue weighted by Gasteiger charge is -2.14. The van der Waals surface area contributed by atoms with Crippen molar-refractivity contribution < 1.29 is 21.6 Å². The van der Waals surface area contributed by atoms with Crippen LogP contribution in [0.15, 0.2) is 74.1 Å². The van der Waals surface area contributed by atoms with E-state index in [4.69, 9.17) is 0 Å². The summed E-state index contributed by atoms with van der Waals surface area (Å²) >= 11 is 1.13. The lowest BCUT2D eigenvalue weighted by atomic mass is 10.1. The number of nitrogens with one attached hydrogen (secondary N) is 1. The molecule has 6 nitrogen and oxygen atoms in total. The summed E-state index contributed by atoms with van der Waals surface area (Å²) in [5, 5.41) is 3.19. The highest BCUT2D eigenvalue weighted by Crippen LogP contribution is 2.37. The standard InChI is InChI=1S/C18H11F3N4O2S2/c19-18(20,21)12-2-4-13(5-3-12)28-17-16(22-7-8-23-17)11-1-6-14-15(9-11)29(26,27)25-10-24-14/h1-10H,(H,24,25). The van der Waals surface area contributed by atoms with Gasteiger partial charge in [-0.3, -0.25) is 4.98 Å². The van der Waals surface area contributed by atoms with Crippen LogP contribution in [0.4, 0.5) is 18.9 Å². The molecule has 1 aliphatic rings. The number of nitrogens with zero attached hydrogens (tertiary/aromatic N) is 3. The molecule has 0 fully saturated rings. The van der Waals surface area contributed by atoms with Crippen LogP contribution in [0.2, 0.25) is 0 Å². The van der Waals surface area contributed by atoms with Crippen LogP contribution >= 0.6 is 11.8 Å². The number of anilines is 1. The number of alkyl halides is 3. The normalized spacial score (nSPS) is 14.9. The first-order valence-electron chi connectivity index (χ1n) is 8.10. The average molecular weight is 436 g/mol. The molecule has 29 heavy (non-hydrogen) atoms. The molecule has 0 saturated heterocycles. The van der Waals surface area contributed by atoms with Crippen LogP contribution in [-0.2, 0) is 16.2 Å². The van der Waals surface area contributed by atoms with Crippen molar-refractivity contribution >= 4 is 33.8 Å². The minimum Gasteiger partial charge on any atom is -0.345 e. The third-order valence-electron chi connectivity index (χ3n) is 4.01. The molecule has 1 aromatic heterocycles. The van der Waals surface area contributed by atoms with E-state index in [0.717, 1.165) is 30.2 Å². The second kappa shape index (κ2) is 7.16. The van der Waals surface area contributed by atoms with Crippen molar-refractivity contribution in [3.8, 4) is 11.3 Å². The monoisotopic (exact) mass is 436 g/mol. The van der Waals surface area contributed by atoms with Crippen molar-refractivity contribution in [2.45, 2.75) is 21.0 Å². The highest BCUT2D eigenvalue weighted by molar-refractivity contribution is 7.99. The van der Waals surface area contributed by atoms with E-state index < -0.39 is 21.8 Å². The van der Waals surface area contributed by atoms with Crippen LogP contribution < -0.4 is 5.32 Å². The Morgan fingerprint density at radius 1 is 0.966 bits per heavy atom. The predicted octanol–water partition coefficient (Wildman–Crippen LogP) is 4.46. The van der Waals surface area contributed by atoms with Crippen molar-refractivity contribution in [3.05, 3.63) is 60.4 Å². The molecule has 2 heterocycles. The van der Waals surface area contributed by atoms with Gasteiger partial charge in [-0.15, -0.1) is 4.40 Å². The highest BCUT2D eigenvalue weighted by Gasteiger charge is 2.30. The lowest BCUT2D eigenvalue weighted by Crippen LogP contribution is -2.11. The Morgan fingerprint density at radius 3 is 2.41 bits per heavy atom. The van der Waals surface area contributed by atoms with Crippen LogP contribution in [0.25, 0.3) is 11.3 Å². The van der Waals surface area contributed by atoms with Crippen molar-refractivity contribution in [1.29, 1.82) is 0 Å². The topological polar surface area (TPSA) is 84.3 Å². The maximum absolute atomic E-state index is 12.7. The van der Waals surface area contributed by atoms with Crippen molar-refractivity contribution in [1.82, 2.24) is 9.97 Å². The highest BCUT2D eigenvalue weighted by atomic mass is 32.2. The number of aromatic nitrogens is 2. The first-order chi connectivity index (χ1) is 13.7. The van der Waals surface area contributed by atoms with Gasteiger partial charge in [0.1, 0.15) is 22.0 Å². The molecular weight excluding hydrogens is 425 g/mol. The molecule has 0 atom stereocenters. The van der Waals surface area contributed by atoms with Crippen LogP contribution in [0.5, 0.6) is 0 Å². The van der Waals surface area contributed by atoms with Crippen molar-refractivity contribution in [3.63, 3.8) is 0 Å². The summed E-state index contributed by atoms with van der Waals surface area (Å²) in [6.07, 6.45) is -0.398. The summed E-state index contributed by atoms with van der Waals surface area (Å²) in [5.74, 6) is 0. The van der Waals surface area contributed by atoms with Crippen LogP contribution in [0, 0.1) is 0 Å². The summed E-state index contributed by atoms with van der Waals surface area (Å²) in [6.45, 7) is 0. The van der Waals surface area contributed by atoms with E-state index in [0.29, 0.717) is 26.9 Å². The Balaban J connectivity index is 1.70. The number of rotatable bonds is 3. The largest absolute Gasteiger partial charge is 0.416 e. The van der Waals surface area contributed by atoms with E-state index in [9.17, 15) is 21.6 Å². The Kier molecular flexibility index (Phi) is 4.79. The van der Waals surface area contributed by atoms with Gasteiger partial charge in [-0.2, -0.15) is 21.6 Å². The van der Waals surface area contributed by atoms with E-state index in [1.165, 1.54) is 30.6 Å². The van der Waals surface area contributed by atoms with E-state index >= 15 is 0 Å². The van der Waals surface area contributed by atoms with Crippen LogP contribution in [0.3, 0.4) is 0 Å². The van der Waals surface area contributed by atoms with Crippen molar-refractivity contribution in [2.75, 3.05) is 5.32 Å². The molecule has 0 bridgehead atoms. The van der Waals surface area contributed by atoms with Gasteiger partial charge in [0, 0.05) is 22.9 Å². The number of hydrogen-bond acceptors (Lipinski definition) is 6. The fourth-order valence-electron chi connectivity index (χ4n) is 2.65. The number of sulfonamides is 1. The van der Waals surface area contributed by atoms with Gasteiger partial charge in [-0.25, -0.2) is 4.98 Å². The molecule has 11 heteroatoms. The Bertz CT molecular complexity index is 1210. The second-order valence-electron chi connectivity index (χ2n) is 5.90. The first kappa shape index (κ1) is 19.4. The quantitative estimate of drug-likeness (QED) is 0.653. The van der Waals surface area contributed by atoms with Crippen LogP contribution in [-0.4, -0.2) is 24.7 Å². The minimum atomic E-state index is -4.41. The molecule has 0 radical (unpaired) electrons. The Morgan fingerprint density at radius 2 is 1.69 bits per heavy atom. The van der Waals surface area contributed by atoms with Gasteiger partial charge >= 0.3 is 6.18 Å². The molecule has 0 amide bonds. The number of hydrogen-bond donors (Lipinski definition) is 1. The van der Waals surface area contributed by atoms with Crippen LogP contribution in [0.1, 0.15) is 5.56 Å². The maximum Gasteiger partial charge on any atom is 0.416 e. The summed E-state index contributed by atoms with van der Waals surface area (Å²) in [6, 6.07) is 9.40. The Labute approximate surface area is 168 Å². The van der Waals surface area contributed by atoms with E-state index in [1.54, 1.807) is 12.1 Å². The molecule has 0 saturated carbocycles. The third kappa shape index (κ3) is 3.96. The number of halogens is 3. The number of fused-ring (bicyclic) bond motifs is 1. The summed E-state index contributed by atoms with van der Waals surface area (Å²) < 4.78 is 66.0. The zero-order chi connectivity index (χ0) is 20.6. The zero-order valence-electron chi connectivity index (χ0n) is 14.4. The minimum absolute atomic E-state index is 0.00799. The molecule has 148 valence electrons. The first-order valence-corrected chi connectivity index (χ1v) is 10.4. The predicted molar refractivity (Wildman–Crippen MR) is 102 cm³/mol. The molecule has 1 N–H and O–H groups in total. The third-order valence-corrected chi connectivity index (χ3v) is 6.28. The van der Waals surface area contributed by atoms with Gasteiger partial charge in [-0.1, -0.05) is 17.8 Å². The molecule has 2 aromatic carbocycles. The average Bonchev–Trinajstić information content (AvgIpc) is 2.68. The van der Waals surface area contributed by atoms with E-state index in [1.807, 2.05) is 0 Å². The summed E-state index contributed by atoms with van der Waals surface area (Å²) in [4.78, 5) is 9.08. The van der Waals surface area contributed by atoms with E-state index in [2.05, 4.69) is 19.7 Å². The molecule has 1 aliphatic heterocycles. The fourth-order valence-corrected chi connectivity index (χ4v) is 4.51. The molecule has 0 unspecified atom stereocenters.